The highest BCUT2D eigenvalue weighted by Crippen LogP contribution is 2.31. The molecule has 1 aromatic heterocycles. The Kier molecular flexibility index (Phi) is 6.32. The number of alkyl halides is 3. The molecule has 2 aromatic rings. The first-order chi connectivity index (χ1) is 12.7. The minimum absolute atomic E-state index is 0.0681. The number of rotatable bonds is 7. The lowest BCUT2D eigenvalue weighted by Gasteiger charge is -2.13. The van der Waals surface area contributed by atoms with Gasteiger partial charge in [0.15, 0.2) is 0 Å². The molecule has 0 aliphatic carbocycles. The van der Waals surface area contributed by atoms with Crippen LogP contribution >= 0.6 is 0 Å². The zero-order valence-electron chi connectivity index (χ0n) is 14.6. The standard InChI is InChI=1S/C17H17F3N4O3/c1-4-13(21-3)15(25)24-11-8-22-16(23-9-11)26-12-6-5-10(2)14(7-12)27-17(18,19)20/h5-9,13H,3-4H2,1-2H3,(H,24,25)/t13-/m1/s1. The number of aryl methyl sites for hydroxylation is 1. The molecule has 0 fully saturated rings. The van der Waals surface area contributed by atoms with Crippen LogP contribution in [0.1, 0.15) is 18.9 Å². The largest absolute Gasteiger partial charge is 0.573 e. The number of nitrogens with one attached hydrogen (secondary N) is 1. The zero-order chi connectivity index (χ0) is 20.0. The van der Waals surface area contributed by atoms with Gasteiger partial charge < -0.3 is 14.8 Å². The number of nitrogens with zero attached hydrogens (tertiary/aromatic N) is 3. The number of aliphatic imine (C=N–C) groups is 1. The van der Waals surface area contributed by atoms with Gasteiger partial charge in [0.1, 0.15) is 17.5 Å². The first kappa shape index (κ1) is 20.1. The summed E-state index contributed by atoms with van der Waals surface area (Å²) in [5, 5.41) is 2.58. The molecule has 0 saturated carbocycles. The van der Waals surface area contributed by atoms with Crippen LogP contribution in [0.5, 0.6) is 17.5 Å². The van der Waals surface area contributed by atoms with Gasteiger partial charge in [-0.25, -0.2) is 9.97 Å². The van der Waals surface area contributed by atoms with Crippen LogP contribution in [0.3, 0.4) is 0 Å². The van der Waals surface area contributed by atoms with Gasteiger partial charge in [-0.1, -0.05) is 13.0 Å². The first-order valence-corrected chi connectivity index (χ1v) is 7.85. The summed E-state index contributed by atoms with van der Waals surface area (Å²) in [4.78, 5) is 23.4. The molecule has 0 radical (unpaired) electrons. The van der Waals surface area contributed by atoms with Crippen molar-refractivity contribution in [3.8, 4) is 17.5 Å². The number of carbonyl (C=O) groups excluding carboxylic acids is 1. The van der Waals surface area contributed by atoms with Crippen molar-refractivity contribution in [2.24, 2.45) is 4.99 Å². The van der Waals surface area contributed by atoms with Crippen LogP contribution in [0, 0.1) is 6.92 Å². The Hall–Kier alpha value is -3.17. The Balaban J connectivity index is 2.07. The predicted octanol–water partition coefficient (Wildman–Crippen LogP) is 3.89. The molecule has 7 nitrogen and oxygen atoms in total. The summed E-state index contributed by atoms with van der Waals surface area (Å²) in [6.07, 6.45) is -1.71. The second-order valence-corrected chi connectivity index (χ2v) is 5.43. The van der Waals surface area contributed by atoms with E-state index < -0.39 is 12.4 Å². The van der Waals surface area contributed by atoms with Gasteiger partial charge in [-0.15, -0.1) is 13.2 Å². The van der Waals surface area contributed by atoms with Crippen LogP contribution in [-0.4, -0.2) is 35.0 Å². The Labute approximate surface area is 153 Å². The van der Waals surface area contributed by atoms with Gasteiger partial charge >= 0.3 is 12.4 Å². The smallest absolute Gasteiger partial charge is 0.424 e. The lowest BCUT2D eigenvalue weighted by molar-refractivity contribution is -0.274. The Morgan fingerprint density at radius 3 is 2.56 bits per heavy atom. The van der Waals surface area contributed by atoms with Gasteiger partial charge in [-0.2, -0.15) is 0 Å². The Bertz CT molecular complexity index is 810. The molecule has 144 valence electrons. The number of amides is 1. The highest BCUT2D eigenvalue weighted by atomic mass is 19.4. The third-order valence-corrected chi connectivity index (χ3v) is 3.40. The Morgan fingerprint density at radius 2 is 2.00 bits per heavy atom. The summed E-state index contributed by atoms with van der Waals surface area (Å²) in [5.41, 5.74) is 0.611. The first-order valence-electron chi connectivity index (χ1n) is 7.85. The molecular weight excluding hydrogens is 365 g/mol. The van der Waals surface area contributed by atoms with E-state index >= 15 is 0 Å². The van der Waals surface area contributed by atoms with Crippen molar-refractivity contribution in [2.75, 3.05) is 5.32 Å². The number of carbonyl (C=O) groups is 1. The molecule has 10 heteroatoms. The average molecular weight is 382 g/mol. The summed E-state index contributed by atoms with van der Waals surface area (Å²) in [6, 6.07) is 3.27. The molecule has 0 bridgehead atoms. The van der Waals surface area contributed by atoms with Crippen LogP contribution in [0.2, 0.25) is 0 Å². The SMILES string of the molecule is C=N[C@H](CC)C(=O)Nc1cnc(Oc2ccc(C)c(OC(F)(F)F)c2)nc1. The maximum absolute atomic E-state index is 12.4. The molecule has 2 rings (SSSR count). The number of anilines is 1. The third-order valence-electron chi connectivity index (χ3n) is 3.40. The van der Waals surface area contributed by atoms with Gasteiger partial charge in [-0.05, 0) is 31.7 Å². The minimum Gasteiger partial charge on any atom is -0.424 e. The molecule has 0 saturated heterocycles. The van der Waals surface area contributed by atoms with E-state index in [1.165, 1.54) is 31.5 Å². The highest BCUT2D eigenvalue weighted by Gasteiger charge is 2.32. The fourth-order valence-corrected chi connectivity index (χ4v) is 2.04. The Morgan fingerprint density at radius 1 is 1.33 bits per heavy atom. The van der Waals surface area contributed by atoms with Crippen molar-refractivity contribution in [1.29, 1.82) is 0 Å². The summed E-state index contributed by atoms with van der Waals surface area (Å²) in [5.74, 6) is -0.665. The van der Waals surface area contributed by atoms with Crippen LogP contribution in [-0.2, 0) is 4.79 Å². The molecular formula is C17H17F3N4O3. The van der Waals surface area contributed by atoms with E-state index in [0.29, 0.717) is 17.7 Å². The number of halogens is 3. The van der Waals surface area contributed by atoms with E-state index in [9.17, 15) is 18.0 Å². The molecule has 0 unspecified atom stereocenters. The molecule has 1 aromatic carbocycles. The van der Waals surface area contributed by atoms with Crippen molar-refractivity contribution in [3.63, 3.8) is 0 Å². The van der Waals surface area contributed by atoms with Gasteiger partial charge in [0.05, 0.1) is 18.1 Å². The maximum Gasteiger partial charge on any atom is 0.573 e. The van der Waals surface area contributed by atoms with Gasteiger partial charge in [0.25, 0.3) is 0 Å². The fraction of sp³-hybridized carbons (Fsp3) is 0.294. The van der Waals surface area contributed by atoms with Gasteiger partial charge in [0.2, 0.25) is 5.91 Å². The highest BCUT2D eigenvalue weighted by molar-refractivity contribution is 5.94. The van der Waals surface area contributed by atoms with E-state index in [1.807, 2.05) is 0 Å². The summed E-state index contributed by atoms with van der Waals surface area (Å²) < 4.78 is 46.5. The lowest BCUT2D eigenvalue weighted by atomic mass is 10.2. The predicted molar refractivity (Wildman–Crippen MR) is 92.2 cm³/mol. The molecule has 1 N–H and O–H groups in total. The monoisotopic (exact) mass is 382 g/mol. The maximum atomic E-state index is 12.4. The second kappa shape index (κ2) is 8.47. The van der Waals surface area contributed by atoms with Gasteiger partial charge in [0, 0.05) is 6.07 Å². The number of hydrogen-bond acceptors (Lipinski definition) is 6. The normalized spacial score (nSPS) is 12.2. The van der Waals surface area contributed by atoms with Crippen LogP contribution in [0.15, 0.2) is 35.6 Å². The molecule has 0 spiro atoms. The van der Waals surface area contributed by atoms with Crippen molar-refractivity contribution >= 4 is 18.3 Å². The van der Waals surface area contributed by atoms with Crippen LogP contribution in [0.4, 0.5) is 18.9 Å². The molecule has 1 atom stereocenters. The van der Waals surface area contributed by atoms with Crippen molar-refractivity contribution < 1.29 is 27.4 Å². The summed E-state index contributed by atoms with van der Waals surface area (Å²) in [6.45, 7) is 6.62. The summed E-state index contributed by atoms with van der Waals surface area (Å²) >= 11 is 0. The molecule has 27 heavy (non-hydrogen) atoms. The van der Waals surface area contributed by atoms with E-state index in [-0.39, 0.29) is 23.4 Å². The van der Waals surface area contributed by atoms with Crippen LogP contribution in [0.25, 0.3) is 0 Å². The molecule has 1 amide bonds. The third kappa shape index (κ3) is 5.94. The van der Waals surface area contributed by atoms with E-state index in [2.05, 4.69) is 31.7 Å². The number of ether oxygens (including phenoxy) is 2. The number of aromatic nitrogens is 2. The molecule has 1 heterocycles. The van der Waals surface area contributed by atoms with Crippen LogP contribution < -0.4 is 14.8 Å². The second-order valence-electron chi connectivity index (χ2n) is 5.43. The average Bonchev–Trinajstić information content (AvgIpc) is 2.59. The van der Waals surface area contributed by atoms with E-state index in [1.54, 1.807) is 6.92 Å². The lowest BCUT2D eigenvalue weighted by Crippen LogP contribution is -2.25. The van der Waals surface area contributed by atoms with Gasteiger partial charge in [-0.3, -0.25) is 9.79 Å². The quantitative estimate of drug-likeness (QED) is 0.734. The van der Waals surface area contributed by atoms with Crippen molar-refractivity contribution in [2.45, 2.75) is 32.7 Å². The molecule has 0 aliphatic heterocycles. The summed E-state index contributed by atoms with van der Waals surface area (Å²) in [7, 11) is 0. The molecule has 0 aliphatic rings. The fourth-order valence-electron chi connectivity index (χ4n) is 2.04. The number of benzene rings is 1. The minimum atomic E-state index is -4.81. The number of hydrogen-bond donors (Lipinski definition) is 1. The van der Waals surface area contributed by atoms with Crippen molar-refractivity contribution in [3.05, 3.63) is 36.2 Å². The van der Waals surface area contributed by atoms with E-state index in [4.69, 9.17) is 4.74 Å². The van der Waals surface area contributed by atoms with Crippen molar-refractivity contribution in [1.82, 2.24) is 9.97 Å². The van der Waals surface area contributed by atoms with E-state index in [0.717, 1.165) is 6.07 Å². The topological polar surface area (TPSA) is 85.7 Å². The zero-order valence-corrected chi connectivity index (χ0v) is 14.6.